The topological polar surface area (TPSA) is 95.2 Å². The van der Waals surface area contributed by atoms with Crippen LogP contribution in [0.4, 0.5) is 0 Å². The second kappa shape index (κ2) is 6.93. The average Bonchev–Trinajstić information content (AvgIpc) is 3.13. The number of nitrogens with zero attached hydrogens (tertiary/aromatic N) is 2. The highest BCUT2D eigenvalue weighted by molar-refractivity contribution is 7.17. The fourth-order valence-corrected chi connectivity index (χ4v) is 6.90. The second-order valence-electron chi connectivity index (χ2n) is 9.28. The first-order valence-electron chi connectivity index (χ1n) is 10.4. The summed E-state index contributed by atoms with van der Waals surface area (Å²) in [5, 5.41) is 4.75. The minimum atomic E-state index is -0.246. The monoisotopic (exact) mass is 414 g/mol. The molecule has 2 aromatic rings. The zero-order chi connectivity index (χ0) is 20.2. The van der Waals surface area contributed by atoms with E-state index in [4.69, 9.17) is 0 Å². The van der Waals surface area contributed by atoms with Crippen molar-refractivity contribution in [1.29, 1.82) is 0 Å². The van der Waals surface area contributed by atoms with Crippen LogP contribution >= 0.6 is 11.3 Å². The summed E-state index contributed by atoms with van der Waals surface area (Å²) in [5.74, 6) is 2.41. The lowest BCUT2D eigenvalue weighted by Crippen LogP contribution is -2.54. The van der Waals surface area contributed by atoms with Gasteiger partial charge in [0.05, 0.1) is 18.6 Å². The number of hydrogen-bond acceptors (Lipinski definition) is 5. The summed E-state index contributed by atoms with van der Waals surface area (Å²) < 4.78 is 0.588. The lowest BCUT2D eigenvalue weighted by Gasteiger charge is -2.55. The molecule has 2 amide bonds. The van der Waals surface area contributed by atoms with Crippen molar-refractivity contribution in [3.63, 3.8) is 0 Å². The Morgan fingerprint density at radius 3 is 2.55 bits per heavy atom. The lowest BCUT2D eigenvalue weighted by molar-refractivity contribution is -0.147. The molecule has 4 bridgehead atoms. The largest absolute Gasteiger partial charge is 0.347 e. The number of hydrogen-bond donors (Lipinski definition) is 2. The molecule has 4 saturated carbocycles. The number of likely N-dealkylation sites (N-methyl/N-ethyl adjacent to an activating group) is 1. The number of aromatic amines is 1. The number of nitrogens with one attached hydrogen (secondary N) is 2. The second-order valence-corrected chi connectivity index (χ2v) is 10.2. The summed E-state index contributed by atoms with van der Waals surface area (Å²) in [5.41, 5.74) is 0.213. The Labute approximate surface area is 172 Å². The van der Waals surface area contributed by atoms with Gasteiger partial charge in [0.1, 0.15) is 10.5 Å². The van der Waals surface area contributed by atoms with Crippen LogP contribution in [0, 0.1) is 23.2 Å². The number of H-pyrrole nitrogens is 1. The molecule has 29 heavy (non-hydrogen) atoms. The Kier molecular flexibility index (Phi) is 4.49. The maximum absolute atomic E-state index is 13.0. The van der Waals surface area contributed by atoms with E-state index in [1.165, 1.54) is 35.5 Å². The minimum Gasteiger partial charge on any atom is -0.347 e. The van der Waals surface area contributed by atoms with E-state index in [0.29, 0.717) is 33.8 Å². The third-order valence-corrected chi connectivity index (χ3v) is 8.00. The fraction of sp³-hybridized carbons (Fsp3) is 0.619. The molecule has 2 heterocycles. The van der Waals surface area contributed by atoms with E-state index >= 15 is 0 Å². The van der Waals surface area contributed by atoms with Crippen molar-refractivity contribution < 1.29 is 9.59 Å². The van der Waals surface area contributed by atoms with Crippen molar-refractivity contribution in [3.8, 4) is 0 Å². The Morgan fingerprint density at radius 1 is 1.24 bits per heavy atom. The van der Waals surface area contributed by atoms with E-state index in [2.05, 4.69) is 15.3 Å². The first-order chi connectivity index (χ1) is 13.9. The zero-order valence-corrected chi connectivity index (χ0v) is 17.4. The first-order valence-corrected chi connectivity index (χ1v) is 11.3. The van der Waals surface area contributed by atoms with E-state index in [-0.39, 0.29) is 35.9 Å². The summed E-state index contributed by atoms with van der Waals surface area (Å²) in [6.45, 7) is 0.190. The van der Waals surface area contributed by atoms with Crippen LogP contribution in [-0.2, 0) is 16.1 Å². The molecule has 4 fully saturated rings. The summed E-state index contributed by atoms with van der Waals surface area (Å²) in [6, 6.07) is 1.80. The van der Waals surface area contributed by atoms with Gasteiger partial charge in [-0.3, -0.25) is 14.4 Å². The first kappa shape index (κ1) is 18.8. The Morgan fingerprint density at radius 2 is 1.90 bits per heavy atom. The molecule has 0 aliphatic heterocycles. The van der Waals surface area contributed by atoms with Gasteiger partial charge in [-0.1, -0.05) is 0 Å². The third kappa shape index (κ3) is 3.37. The van der Waals surface area contributed by atoms with Crippen molar-refractivity contribution in [1.82, 2.24) is 20.2 Å². The van der Waals surface area contributed by atoms with Gasteiger partial charge < -0.3 is 15.2 Å². The summed E-state index contributed by atoms with van der Waals surface area (Å²) >= 11 is 1.35. The van der Waals surface area contributed by atoms with Gasteiger partial charge in [-0.25, -0.2) is 4.98 Å². The van der Waals surface area contributed by atoms with Crippen LogP contribution in [-0.4, -0.2) is 40.3 Å². The highest BCUT2D eigenvalue weighted by Gasteiger charge is 2.54. The molecule has 0 unspecified atom stereocenters. The number of carbonyl (C=O) groups is 2. The summed E-state index contributed by atoms with van der Waals surface area (Å²) in [6.07, 6.45) is 6.82. The molecule has 4 aliphatic rings. The number of thiophene rings is 1. The quantitative estimate of drug-likeness (QED) is 0.785. The summed E-state index contributed by atoms with van der Waals surface area (Å²) in [7, 11) is 1.66. The molecule has 0 atom stereocenters. The standard InChI is InChI=1S/C21H26N4O3S/c1-25(11-16-23-15-2-3-29-18(15)19(27)24-16)17(26)10-22-20(28)21-7-12-4-13(8-21)6-14(5-12)9-21/h2-3,12-14H,4-11H2,1H3,(H,22,28)(H,23,24,27). The van der Waals surface area contributed by atoms with Crippen molar-refractivity contribution >= 4 is 33.4 Å². The highest BCUT2D eigenvalue weighted by Crippen LogP contribution is 2.60. The molecule has 2 N–H and O–H groups in total. The number of fused-ring (bicyclic) bond motifs is 1. The van der Waals surface area contributed by atoms with Crippen LogP contribution < -0.4 is 10.9 Å². The van der Waals surface area contributed by atoms with Gasteiger partial charge in [0.15, 0.2) is 0 Å². The minimum absolute atomic E-state index is 0.0119. The van der Waals surface area contributed by atoms with Gasteiger partial charge in [-0.05, 0) is 67.7 Å². The third-order valence-electron chi connectivity index (χ3n) is 7.10. The molecule has 2 aromatic heterocycles. The van der Waals surface area contributed by atoms with Gasteiger partial charge in [0.25, 0.3) is 5.56 Å². The SMILES string of the molecule is CN(Cc1nc2ccsc2c(=O)[nH]1)C(=O)CNC(=O)C12CC3CC(CC(C3)C1)C2. The predicted molar refractivity (Wildman–Crippen MR) is 110 cm³/mol. The number of rotatable bonds is 5. The van der Waals surface area contributed by atoms with Crippen LogP contribution in [0.15, 0.2) is 16.2 Å². The van der Waals surface area contributed by atoms with E-state index in [1.807, 2.05) is 5.38 Å². The molecule has 0 saturated heterocycles. The van der Waals surface area contributed by atoms with Crippen LogP contribution in [0.2, 0.25) is 0 Å². The van der Waals surface area contributed by atoms with Crippen molar-refractivity contribution in [2.75, 3.05) is 13.6 Å². The average molecular weight is 415 g/mol. The zero-order valence-electron chi connectivity index (χ0n) is 16.6. The maximum atomic E-state index is 13.0. The Bertz CT molecular complexity index is 991. The van der Waals surface area contributed by atoms with Gasteiger partial charge in [0, 0.05) is 12.5 Å². The van der Waals surface area contributed by atoms with Crippen molar-refractivity contribution in [2.45, 2.75) is 45.1 Å². The van der Waals surface area contributed by atoms with Gasteiger partial charge >= 0.3 is 0 Å². The molecule has 154 valence electrons. The number of aromatic nitrogens is 2. The smallest absolute Gasteiger partial charge is 0.268 e. The molecule has 4 aliphatic carbocycles. The molecular formula is C21H26N4O3S. The van der Waals surface area contributed by atoms with Crippen LogP contribution in [0.25, 0.3) is 10.2 Å². The van der Waals surface area contributed by atoms with Gasteiger partial charge in [0.2, 0.25) is 11.8 Å². The molecule has 0 radical (unpaired) electrons. The van der Waals surface area contributed by atoms with E-state index < -0.39 is 0 Å². The molecule has 6 rings (SSSR count). The predicted octanol–water partition coefficient (Wildman–Crippen LogP) is 2.28. The Balaban J connectivity index is 1.20. The Hall–Kier alpha value is -2.22. The molecule has 0 aromatic carbocycles. The van der Waals surface area contributed by atoms with E-state index in [1.54, 1.807) is 13.1 Å². The van der Waals surface area contributed by atoms with E-state index in [0.717, 1.165) is 19.3 Å². The lowest BCUT2D eigenvalue weighted by atomic mass is 9.49. The summed E-state index contributed by atoms with van der Waals surface area (Å²) in [4.78, 5) is 46.3. The van der Waals surface area contributed by atoms with Crippen LogP contribution in [0.1, 0.15) is 44.3 Å². The fourth-order valence-electron chi connectivity index (χ4n) is 6.18. The van der Waals surface area contributed by atoms with Gasteiger partial charge in [-0.2, -0.15) is 0 Å². The molecule has 7 nitrogen and oxygen atoms in total. The van der Waals surface area contributed by atoms with E-state index in [9.17, 15) is 14.4 Å². The van der Waals surface area contributed by atoms with Crippen molar-refractivity contribution in [2.24, 2.45) is 23.2 Å². The molecular weight excluding hydrogens is 388 g/mol. The normalized spacial score (nSPS) is 29.9. The highest BCUT2D eigenvalue weighted by atomic mass is 32.1. The number of carbonyl (C=O) groups excluding carboxylic acids is 2. The molecule has 0 spiro atoms. The molecule has 8 heteroatoms. The van der Waals surface area contributed by atoms with Crippen LogP contribution in [0.5, 0.6) is 0 Å². The van der Waals surface area contributed by atoms with Crippen molar-refractivity contribution in [3.05, 3.63) is 27.6 Å². The van der Waals surface area contributed by atoms with Gasteiger partial charge in [-0.15, -0.1) is 11.3 Å². The number of amides is 2. The van der Waals surface area contributed by atoms with Crippen LogP contribution in [0.3, 0.4) is 0 Å². The maximum Gasteiger partial charge on any atom is 0.268 e.